The molecule has 3 rings (SSSR count). The molecule has 1 saturated heterocycles. The van der Waals surface area contributed by atoms with Gasteiger partial charge in [-0.1, -0.05) is 6.07 Å². The average Bonchev–Trinajstić information content (AvgIpc) is 2.51. The molecule has 0 aliphatic carbocycles. The highest BCUT2D eigenvalue weighted by atomic mass is 16.5. The summed E-state index contributed by atoms with van der Waals surface area (Å²) < 4.78 is 6.14. The summed E-state index contributed by atoms with van der Waals surface area (Å²) in [5, 5.41) is 23.2. The Kier molecular flexibility index (Phi) is 3.83. The number of hydrogen-bond donors (Lipinski definition) is 4. The number of aromatic hydroxyl groups is 2. The lowest BCUT2D eigenvalue weighted by atomic mass is 9.84. The van der Waals surface area contributed by atoms with Crippen molar-refractivity contribution >= 4 is 0 Å². The van der Waals surface area contributed by atoms with Crippen LogP contribution in [0.4, 0.5) is 0 Å². The molecule has 5 N–H and O–H groups in total. The van der Waals surface area contributed by atoms with Crippen molar-refractivity contribution in [3.63, 3.8) is 0 Å². The first-order chi connectivity index (χ1) is 9.70. The standard InChI is InChI=1S/C15H22N2O3/c16-7-14-10-3-4-12(18)15(19)11(10)6-13(20-14)9-2-1-5-17-8-9/h3-4,9,13-14,17-19H,1-2,5-8,16H2. The van der Waals surface area contributed by atoms with Gasteiger partial charge in [0, 0.05) is 25.1 Å². The molecule has 1 fully saturated rings. The molecule has 2 aliphatic heterocycles. The van der Waals surface area contributed by atoms with Crippen LogP contribution in [0.2, 0.25) is 0 Å². The largest absolute Gasteiger partial charge is 0.504 e. The van der Waals surface area contributed by atoms with Crippen LogP contribution >= 0.6 is 0 Å². The Morgan fingerprint density at radius 2 is 2.20 bits per heavy atom. The van der Waals surface area contributed by atoms with Crippen molar-refractivity contribution < 1.29 is 14.9 Å². The molecule has 0 bridgehead atoms. The van der Waals surface area contributed by atoms with Gasteiger partial charge < -0.3 is 26.0 Å². The van der Waals surface area contributed by atoms with Gasteiger partial charge in [0.05, 0.1) is 12.2 Å². The summed E-state index contributed by atoms with van der Waals surface area (Å²) >= 11 is 0. The van der Waals surface area contributed by atoms with Gasteiger partial charge in [0.1, 0.15) is 0 Å². The minimum absolute atomic E-state index is 0.0157. The van der Waals surface area contributed by atoms with Gasteiger partial charge in [-0.15, -0.1) is 0 Å². The third kappa shape index (κ3) is 2.37. The summed E-state index contributed by atoms with van der Waals surface area (Å²) in [6.07, 6.45) is 2.77. The fourth-order valence-corrected chi connectivity index (χ4v) is 3.35. The summed E-state index contributed by atoms with van der Waals surface area (Å²) in [6.45, 7) is 2.39. The quantitative estimate of drug-likeness (QED) is 0.607. The summed E-state index contributed by atoms with van der Waals surface area (Å²) in [4.78, 5) is 0. The molecule has 0 saturated carbocycles. The van der Waals surface area contributed by atoms with Crippen molar-refractivity contribution in [1.29, 1.82) is 0 Å². The van der Waals surface area contributed by atoms with Gasteiger partial charge in [0.15, 0.2) is 11.5 Å². The molecule has 110 valence electrons. The molecular weight excluding hydrogens is 256 g/mol. The number of fused-ring (bicyclic) bond motifs is 1. The number of phenolic OH excluding ortho intramolecular Hbond substituents is 2. The van der Waals surface area contributed by atoms with Gasteiger partial charge in [-0.2, -0.15) is 0 Å². The lowest BCUT2D eigenvalue weighted by molar-refractivity contribution is -0.0564. The number of hydrogen-bond acceptors (Lipinski definition) is 5. The zero-order chi connectivity index (χ0) is 14.1. The topological polar surface area (TPSA) is 87.7 Å². The van der Waals surface area contributed by atoms with Crippen molar-refractivity contribution in [3.8, 4) is 11.5 Å². The Hall–Kier alpha value is -1.30. The first kappa shape index (κ1) is 13.7. The first-order valence-electron chi connectivity index (χ1n) is 7.30. The van der Waals surface area contributed by atoms with Gasteiger partial charge in [-0.05, 0) is 36.9 Å². The number of benzene rings is 1. The van der Waals surface area contributed by atoms with Crippen LogP contribution in [0.1, 0.15) is 30.1 Å². The minimum atomic E-state index is -0.197. The Labute approximate surface area is 118 Å². The van der Waals surface area contributed by atoms with Crippen molar-refractivity contribution in [2.24, 2.45) is 11.7 Å². The first-order valence-corrected chi connectivity index (χ1v) is 7.30. The SMILES string of the molecule is NCC1OC(C2CCCNC2)Cc2c1ccc(O)c2O. The van der Waals surface area contributed by atoms with Crippen LogP contribution in [-0.4, -0.2) is 36.0 Å². The van der Waals surface area contributed by atoms with E-state index in [-0.39, 0.29) is 23.7 Å². The molecule has 5 heteroatoms. The van der Waals surface area contributed by atoms with Crippen LogP contribution < -0.4 is 11.1 Å². The third-order valence-electron chi connectivity index (χ3n) is 4.46. The molecule has 3 unspecified atom stereocenters. The molecule has 0 amide bonds. The van der Waals surface area contributed by atoms with Gasteiger partial charge >= 0.3 is 0 Å². The molecule has 0 spiro atoms. The van der Waals surface area contributed by atoms with E-state index in [4.69, 9.17) is 10.5 Å². The average molecular weight is 278 g/mol. The second kappa shape index (κ2) is 5.60. The number of rotatable bonds is 2. The molecule has 1 aromatic carbocycles. The Morgan fingerprint density at radius 1 is 1.35 bits per heavy atom. The lowest BCUT2D eigenvalue weighted by Crippen LogP contribution is -2.42. The summed E-state index contributed by atoms with van der Waals surface area (Å²) in [6, 6.07) is 3.31. The number of nitrogens with one attached hydrogen (secondary N) is 1. The number of nitrogens with two attached hydrogens (primary N) is 1. The van der Waals surface area contributed by atoms with E-state index in [0.29, 0.717) is 18.9 Å². The van der Waals surface area contributed by atoms with E-state index in [1.54, 1.807) is 6.07 Å². The molecule has 1 aromatic rings. The van der Waals surface area contributed by atoms with Gasteiger partial charge in [0.2, 0.25) is 0 Å². The zero-order valence-electron chi connectivity index (χ0n) is 11.5. The molecule has 2 heterocycles. The summed E-state index contributed by atoms with van der Waals surface area (Å²) in [5.41, 5.74) is 7.51. The van der Waals surface area contributed by atoms with Crippen molar-refractivity contribution in [2.75, 3.05) is 19.6 Å². The fraction of sp³-hybridized carbons (Fsp3) is 0.600. The van der Waals surface area contributed by atoms with Gasteiger partial charge in [0.25, 0.3) is 0 Å². The maximum absolute atomic E-state index is 10.1. The van der Waals surface area contributed by atoms with E-state index in [1.807, 2.05) is 0 Å². The zero-order valence-corrected chi connectivity index (χ0v) is 11.5. The Morgan fingerprint density at radius 3 is 2.90 bits per heavy atom. The van der Waals surface area contributed by atoms with E-state index in [0.717, 1.165) is 37.1 Å². The predicted octanol–water partition coefficient (Wildman–Crippen LogP) is 1.04. The molecule has 20 heavy (non-hydrogen) atoms. The fourth-order valence-electron chi connectivity index (χ4n) is 3.35. The van der Waals surface area contributed by atoms with E-state index < -0.39 is 0 Å². The van der Waals surface area contributed by atoms with E-state index in [9.17, 15) is 10.2 Å². The molecule has 0 aromatic heterocycles. The van der Waals surface area contributed by atoms with Crippen LogP contribution in [0.5, 0.6) is 11.5 Å². The van der Waals surface area contributed by atoms with E-state index in [2.05, 4.69) is 5.32 Å². The predicted molar refractivity (Wildman–Crippen MR) is 75.7 cm³/mol. The van der Waals surface area contributed by atoms with Gasteiger partial charge in [-0.3, -0.25) is 0 Å². The van der Waals surface area contributed by atoms with Crippen molar-refractivity contribution in [1.82, 2.24) is 5.32 Å². The van der Waals surface area contributed by atoms with Crippen molar-refractivity contribution in [2.45, 2.75) is 31.5 Å². The van der Waals surface area contributed by atoms with Crippen LogP contribution in [0.15, 0.2) is 12.1 Å². The summed E-state index contributed by atoms with van der Waals surface area (Å²) in [7, 11) is 0. The Balaban J connectivity index is 1.90. The smallest absolute Gasteiger partial charge is 0.161 e. The molecule has 3 atom stereocenters. The second-order valence-corrected chi connectivity index (χ2v) is 5.71. The minimum Gasteiger partial charge on any atom is -0.504 e. The highest BCUT2D eigenvalue weighted by Gasteiger charge is 2.34. The highest BCUT2D eigenvalue weighted by Crippen LogP contribution is 2.41. The monoisotopic (exact) mass is 278 g/mol. The maximum atomic E-state index is 10.1. The van der Waals surface area contributed by atoms with E-state index >= 15 is 0 Å². The van der Waals surface area contributed by atoms with Gasteiger partial charge in [-0.25, -0.2) is 0 Å². The molecule has 0 radical (unpaired) electrons. The Bertz CT molecular complexity index is 486. The maximum Gasteiger partial charge on any atom is 0.161 e. The normalized spacial score (nSPS) is 29.9. The highest BCUT2D eigenvalue weighted by molar-refractivity contribution is 5.51. The van der Waals surface area contributed by atoms with Crippen molar-refractivity contribution in [3.05, 3.63) is 23.3 Å². The number of phenols is 2. The molecule has 2 aliphatic rings. The lowest BCUT2D eigenvalue weighted by Gasteiger charge is -2.38. The van der Waals surface area contributed by atoms with Crippen LogP contribution in [0, 0.1) is 5.92 Å². The second-order valence-electron chi connectivity index (χ2n) is 5.71. The van der Waals surface area contributed by atoms with Crippen LogP contribution in [0.25, 0.3) is 0 Å². The van der Waals surface area contributed by atoms with Crippen LogP contribution in [-0.2, 0) is 11.2 Å². The van der Waals surface area contributed by atoms with Crippen LogP contribution in [0.3, 0.4) is 0 Å². The summed E-state index contributed by atoms with van der Waals surface area (Å²) in [5.74, 6) is 0.354. The molecular formula is C15H22N2O3. The molecule has 5 nitrogen and oxygen atoms in total. The third-order valence-corrected chi connectivity index (χ3v) is 4.46. The van der Waals surface area contributed by atoms with E-state index in [1.165, 1.54) is 6.07 Å². The number of piperidine rings is 1. The number of ether oxygens (including phenoxy) is 1.